The summed E-state index contributed by atoms with van der Waals surface area (Å²) in [5, 5.41) is 21.6. The van der Waals surface area contributed by atoms with Crippen LogP contribution in [0.15, 0.2) is 97.3 Å². The van der Waals surface area contributed by atoms with Crippen molar-refractivity contribution in [3.05, 3.63) is 147 Å². The molecule has 4 N–H and O–H groups in total. The summed E-state index contributed by atoms with van der Waals surface area (Å²) >= 11 is 6.25. The number of hydrogen-bond donors (Lipinski definition) is 3. The Labute approximate surface area is 312 Å². The van der Waals surface area contributed by atoms with Gasteiger partial charge in [-0.25, -0.2) is 18.1 Å². The minimum atomic E-state index is -0.789. The van der Waals surface area contributed by atoms with Crippen LogP contribution in [-0.4, -0.2) is 48.9 Å². The molecule has 0 bridgehead atoms. The first-order chi connectivity index (χ1) is 25.9. The molecule has 4 aromatic carbocycles. The summed E-state index contributed by atoms with van der Waals surface area (Å²) in [6, 6.07) is 22.9. The van der Waals surface area contributed by atoms with Crippen molar-refractivity contribution < 1.29 is 33.0 Å². The van der Waals surface area contributed by atoms with E-state index in [-0.39, 0.29) is 48.0 Å². The number of phenolic OH excluding ortho intramolecular Hbond substituents is 1. The molecule has 2 unspecified atom stereocenters. The number of fused-ring (bicyclic) bond motifs is 2. The van der Waals surface area contributed by atoms with E-state index in [1.807, 2.05) is 48.1 Å². The van der Waals surface area contributed by atoms with E-state index in [0.29, 0.717) is 35.0 Å². The summed E-state index contributed by atoms with van der Waals surface area (Å²) in [6.45, 7) is 1.72. The molecule has 0 fully saturated rings. The third kappa shape index (κ3) is 7.44. The molecule has 2 aliphatic rings. The van der Waals surface area contributed by atoms with Crippen molar-refractivity contribution in [2.75, 3.05) is 11.9 Å². The molecule has 0 radical (unpaired) electrons. The summed E-state index contributed by atoms with van der Waals surface area (Å²) in [7, 11) is 0. The molecule has 1 aliphatic heterocycles. The number of halogens is 3. The summed E-state index contributed by atoms with van der Waals surface area (Å²) in [5.74, 6) is -1.45. The van der Waals surface area contributed by atoms with Crippen LogP contribution in [0.5, 0.6) is 11.5 Å². The Morgan fingerprint density at radius 1 is 0.907 bits per heavy atom. The van der Waals surface area contributed by atoms with Crippen molar-refractivity contribution >= 4 is 35.0 Å². The summed E-state index contributed by atoms with van der Waals surface area (Å²) in [6.07, 6.45) is 4.41. The van der Waals surface area contributed by atoms with E-state index >= 15 is 0 Å². The Morgan fingerprint density at radius 2 is 1.57 bits per heavy atom. The lowest BCUT2D eigenvalue weighted by Gasteiger charge is -2.24. The molecule has 3 heterocycles. The number of primary amides is 1. The van der Waals surface area contributed by atoms with Crippen LogP contribution in [0.25, 0.3) is 11.4 Å². The number of hydrogen-bond acceptors (Lipinski definition) is 7. The van der Waals surface area contributed by atoms with Crippen molar-refractivity contribution in [2.24, 2.45) is 5.73 Å². The molecule has 1 aliphatic carbocycles. The van der Waals surface area contributed by atoms with Gasteiger partial charge in [0.25, 0.3) is 5.91 Å². The second-order valence-electron chi connectivity index (χ2n) is 13.0. The molecule has 2 atom stereocenters. The van der Waals surface area contributed by atoms with E-state index in [9.17, 15) is 28.3 Å². The first-order valence-electron chi connectivity index (χ1n) is 16.9. The Bertz CT molecular complexity index is 2390. The third-order valence-corrected chi connectivity index (χ3v) is 9.80. The minimum absolute atomic E-state index is 0.0313. The zero-order chi connectivity index (χ0) is 38.1. The number of nitrogens with two attached hydrogens (primary N) is 1. The molecular weight excluding hydrogens is 718 g/mol. The lowest BCUT2D eigenvalue weighted by Crippen LogP contribution is -2.24. The Hall–Kier alpha value is -6.34. The predicted octanol–water partition coefficient (Wildman–Crippen LogP) is 6.68. The normalized spacial score (nSPS) is 16.1. The molecule has 14 heteroatoms. The Kier molecular flexibility index (Phi) is 9.98. The fourth-order valence-electron chi connectivity index (χ4n) is 6.69. The van der Waals surface area contributed by atoms with E-state index in [1.165, 1.54) is 10.7 Å². The van der Waals surface area contributed by atoms with Crippen LogP contribution in [0.2, 0.25) is 5.02 Å². The number of aromatic nitrogens is 4. The predicted molar refractivity (Wildman–Crippen MR) is 196 cm³/mol. The molecule has 11 nitrogen and oxygen atoms in total. The van der Waals surface area contributed by atoms with Crippen LogP contribution in [0, 0.1) is 18.6 Å². The molecule has 0 spiro atoms. The summed E-state index contributed by atoms with van der Waals surface area (Å²) in [4.78, 5) is 35.5. The fraction of sp³-hybridized carbons (Fsp3) is 0.175. The Balaban J connectivity index is 0.000000168. The number of Topliss-reactive ketones (excluding diaryl/α,β-unsaturated/α-hetero) is 1. The average molecular weight is 751 g/mol. The van der Waals surface area contributed by atoms with Gasteiger partial charge in [0.2, 0.25) is 5.91 Å². The van der Waals surface area contributed by atoms with Gasteiger partial charge in [-0.1, -0.05) is 41.9 Å². The van der Waals surface area contributed by atoms with Crippen molar-refractivity contribution in [1.82, 2.24) is 19.6 Å². The standard InChI is InChI=1S/C20H17ClN2O2.C20H16F2N4O3/c1-12-2-5-14(8-19(12)21)23-20-10-16(25)9-17(18(20)11-22-23)13-3-6-15(24)7-4-13;21-12-3-6-17(16(22)7-12)26-20-15(9-24-26)14(8-19(28)25-20)11-1-4-13(5-2-11)29-10-18(23)27/h2-8,11,17,24H,9-10H2,1H3;1-7,9,14H,8,10H2,(H2,23,27)(H,25,28). The van der Waals surface area contributed by atoms with Crippen LogP contribution >= 0.6 is 11.6 Å². The molecular formula is C40H33ClF2N6O5. The molecule has 0 saturated heterocycles. The molecule has 2 amide bonds. The van der Waals surface area contributed by atoms with E-state index in [2.05, 4.69) is 15.5 Å². The number of aryl methyl sites for hydroxylation is 1. The summed E-state index contributed by atoms with van der Waals surface area (Å²) < 4.78 is 35.7. The highest BCUT2D eigenvalue weighted by molar-refractivity contribution is 6.31. The van der Waals surface area contributed by atoms with E-state index < -0.39 is 17.5 Å². The van der Waals surface area contributed by atoms with Gasteiger partial charge in [0, 0.05) is 53.3 Å². The van der Waals surface area contributed by atoms with Crippen LogP contribution in [-0.2, 0) is 20.8 Å². The average Bonchev–Trinajstić information content (AvgIpc) is 3.77. The number of benzene rings is 4. The first-order valence-corrected chi connectivity index (χ1v) is 17.3. The molecule has 54 heavy (non-hydrogen) atoms. The van der Waals surface area contributed by atoms with Gasteiger partial charge in [-0.05, 0) is 72.1 Å². The largest absolute Gasteiger partial charge is 0.508 e. The molecule has 2 aromatic heterocycles. The molecule has 6 aromatic rings. The highest BCUT2D eigenvalue weighted by Gasteiger charge is 2.32. The van der Waals surface area contributed by atoms with Gasteiger partial charge in [0.1, 0.15) is 34.6 Å². The van der Waals surface area contributed by atoms with Gasteiger partial charge in [0.15, 0.2) is 12.4 Å². The second kappa shape index (κ2) is 15.0. The third-order valence-electron chi connectivity index (χ3n) is 9.39. The highest BCUT2D eigenvalue weighted by atomic mass is 35.5. The number of carbonyl (C=O) groups excluding carboxylic acids is 3. The number of nitrogens with zero attached hydrogens (tertiary/aromatic N) is 4. The number of ketones is 1. The molecule has 0 saturated carbocycles. The number of ether oxygens (including phenoxy) is 1. The van der Waals surface area contributed by atoms with E-state index in [0.717, 1.165) is 45.8 Å². The van der Waals surface area contributed by atoms with Crippen molar-refractivity contribution in [2.45, 2.75) is 38.0 Å². The van der Waals surface area contributed by atoms with Gasteiger partial charge >= 0.3 is 0 Å². The van der Waals surface area contributed by atoms with Gasteiger partial charge in [-0.3, -0.25) is 14.4 Å². The van der Waals surface area contributed by atoms with E-state index in [4.69, 9.17) is 22.1 Å². The van der Waals surface area contributed by atoms with Gasteiger partial charge in [-0.15, -0.1) is 0 Å². The van der Waals surface area contributed by atoms with E-state index in [1.54, 1.807) is 42.6 Å². The maximum absolute atomic E-state index is 14.2. The van der Waals surface area contributed by atoms with Gasteiger partial charge in [-0.2, -0.15) is 10.2 Å². The lowest BCUT2D eigenvalue weighted by molar-refractivity contribution is -0.120. The molecule has 274 valence electrons. The van der Waals surface area contributed by atoms with Crippen LogP contribution in [0.3, 0.4) is 0 Å². The van der Waals surface area contributed by atoms with Crippen molar-refractivity contribution in [1.29, 1.82) is 0 Å². The Morgan fingerprint density at radius 3 is 2.26 bits per heavy atom. The quantitative estimate of drug-likeness (QED) is 0.165. The highest BCUT2D eigenvalue weighted by Crippen LogP contribution is 2.39. The fourth-order valence-corrected chi connectivity index (χ4v) is 6.87. The topological polar surface area (TPSA) is 154 Å². The number of carbonyl (C=O) groups is 3. The van der Waals surface area contributed by atoms with Crippen LogP contribution < -0.4 is 15.8 Å². The number of anilines is 1. The molecule has 8 rings (SSSR count). The maximum atomic E-state index is 14.2. The zero-order valence-corrected chi connectivity index (χ0v) is 29.6. The minimum Gasteiger partial charge on any atom is -0.508 e. The number of amides is 2. The van der Waals surface area contributed by atoms with Crippen molar-refractivity contribution in [3.8, 4) is 22.9 Å². The number of aromatic hydroxyl groups is 1. The van der Waals surface area contributed by atoms with Crippen molar-refractivity contribution in [3.63, 3.8) is 0 Å². The van der Waals surface area contributed by atoms with Crippen LogP contribution in [0.1, 0.15) is 58.2 Å². The number of rotatable bonds is 7. The maximum Gasteiger partial charge on any atom is 0.255 e. The van der Waals surface area contributed by atoms with Gasteiger partial charge in [0.05, 0.1) is 23.8 Å². The SMILES string of the molecule is Cc1ccc(-n2ncc3c2CC(=O)CC3c2ccc(O)cc2)cc1Cl.NC(=O)COc1ccc(C2CC(=O)Nc3c2cnn3-c2ccc(F)cc2F)cc1. The first kappa shape index (κ1) is 36.0. The van der Waals surface area contributed by atoms with Gasteiger partial charge < -0.3 is 20.9 Å². The van der Waals surface area contributed by atoms with Crippen LogP contribution in [0.4, 0.5) is 14.6 Å². The number of phenols is 1. The zero-order valence-electron chi connectivity index (χ0n) is 28.8. The monoisotopic (exact) mass is 750 g/mol. The second-order valence-corrected chi connectivity index (χ2v) is 13.4. The lowest BCUT2D eigenvalue weighted by atomic mass is 9.81. The summed E-state index contributed by atoms with van der Waals surface area (Å²) in [5.41, 5.74) is 11.5. The number of nitrogens with one attached hydrogen (secondary N) is 1. The smallest absolute Gasteiger partial charge is 0.255 e.